The number of pyridine rings is 1. The number of carbonyl (C=O) groups is 2. The number of carboxylic acid groups (broad SMARTS) is 1. The average Bonchev–Trinajstić information content (AvgIpc) is 2.69. The first-order valence-electron chi connectivity index (χ1n) is 9.46. The molecule has 1 aromatic heterocycles. The van der Waals surface area contributed by atoms with Crippen molar-refractivity contribution < 1.29 is 32.3 Å². The summed E-state index contributed by atoms with van der Waals surface area (Å²) in [6.45, 7) is 1.50. The Bertz CT molecular complexity index is 1010. The smallest absolute Gasteiger partial charge is 0.417 e. The van der Waals surface area contributed by atoms with Crippen molar-refractivity contribution in [1.82, 2.24) is 9.88 Å². The molecule has 1 fully saturated rings. The fraction of sp³-hybridized carbons (Fsp3) is 0.381. The lowest BCUT2D eigenvalue weighted by Crippen LogP contribution is -2.52. The Morgan fingerprint density at radius 2 is 1.94 bits per heavy atom. The lowest BCUT2D eigenvalue weighted by molar-refractivity contribution is -0.153. The largest absolute Gasteiger partial charge is 0.481 e. The zero-order chi connectivity index (χ0) is 23.0. The molecule has 31 heavy (non-hydrogen) atoms. The Hall–Kier alpha value is -2.49. The van der Waals surface area contributed by atoms with Crippen LogP contribution in [0.3, 0.4) is 0 Å². The molecule has 10 heteroatoms. The molecule has 0 spiro atoms. The van der Waals surface area contributed by atoms with Gasteiger partial charge in [0.1, 0.15) is 10.4 Å². The normalized spacial score (nSPS) is 21.7. The van der Waals surface area contributed by atoms with Gasteiger partial charge in [-0.05, 0) is 60.0 Å². The quantitative estimate of drug-likeness (QED) is 0.474. The number of aliphatic carboxylic acids is 1. The SMILES string of the molecule is C[C@@H]1CC(Cc2nc(Br)ccc2F)(C(=O)O)CCN1C(=O)c1ccccc1C(F)(F)F. The molecule has 2 heterocycles. The van der Waals surface area contributed by atoms with E-state index in [2.05, 4.69) is 20.9 Å². The highest BCUT2D eigenvalue weighted by Gasteiger charge is 2.47. The fourth-order valence-corrected chi connectivity index (χ4v) is 4.38. The summed E-state index contributed by atoms with van der Waals surface area (Å²) in [4.78, 5) is 30.3. The highest BCUT2D eigenvalue weighted by Crippen LogP contribution is 2.40. The zero-order valence-electron chi connectivity index (χ0n) is 16.4. The Kier molecular flexibility index (Phi) is 6.40. The van der Waals surface area contributed by atoms with Gasteiger partial charge in [-0.3, -0.25) is 9.59 Å². The minimum Gasteiger partial charge on any atom is -0.481 e. The molecule has 1 unspecified atom stereocenters. The van der Waals surface area contributed by atoms with Gasteiger partial charge in [0.2, 0.25) is 0 Å². The van der Waals surface area contributed by atoms with Crippen LogP contribution in [-0.2, 0) is 17.4 Å². The van der Waals surface area contributed by atoms with Gasteiger partial charge in [0.15, 0.2) is 0 Å². The molecule has 2 aromatic rings. The van der Waals surface area contributed by atoms with Crippen LogP contribution in [0.15, 0.2) is 41.0 Å². The molecule has 0 aliphatic carbocycles. The second kappa shape index (κ2) is 8.57. The van der Waals surface area contributed by atoms with Gasteiger partial charge >= 0.3 is 12.1 Å². The van der Waals surface area contributed by atoms with Crippen molar-refractivity contribution in [2.24, 2.45) is 5.41 Å². The number of carbonyl (C=O) groups excluding carboxylic acids is 1. The van der Waals surface area contributed by atoms with Crippen molar-refractivity contribution in [1.29, 1.82) is 0 Å². The van der Waals surface area contributed by atoms with Crippen LogP contribution in [0.25, 0.3) is 0 Å². The first-order chi connectivity index (χ1) is 14.4. The molecule has 0 bridgehead atoms. The molecule has 1 saturated heterocycles. The second-order valence-corrected chi connectivity index (χ2v) is 8.48. The minimum atomic E-state index is -4.69. The van der Waals surface area contributed by atoms with Crippen LogP contribution in [-0.4, -0.2) is 39.5 Å². The summed E-state index contributed by atoms with van der Waals surface area (Å²) in [5.41, 5.74) is -2.94. The number of hydrogen-bond donors (Lipinski definition) is 1. The number of benzene rings is 1. The number of piperidine rings is 1. The highest BCUT2D eigenvalue weighted by molar-refractivity contribution is 9.10. The highest BCUT2D eigenvalue weighted by atomic mass is 79.9. The number of carboxylic acids is 1. The summed E-state index contributed by atoms with van der Waals surface area (Å²) in [6, 6.07) is 6.40. The first-order valence-corrected chi connectivity index (χ1v) is 10.3. The maximum Gasteiger partial charge on any atom is 0.417 e. The molecule has 1 amide bonds. The van der Waals surface area contributed by atoms with Crippen molar-refractivity contribution in [3.8, 4) is 0 Å². The molecule has 166 valence electrons. The summed E-state index contributed by atoms with van der Waals surface area (Å²) >= 11 is 3.13. The summed E-state index contributed by atoms with van der Waals surface area (Å²) in [7, 11) is 0. The van der Waals surface area contributed by atoms with E-state index in [4.69, 9.17) is 0 Å². The third kappa shape index (κ3) is 4.73. The van der Waals surface area contributed by atoms with Crippen molar-refractivity contribution in [3.05, 3.63) is 63.6 Å². The van der Waals surface area contributed by atoms with Crippen molar-refractivity contribution in [2.75, 3.05) is 6.54 Å². The Labute approximate surface area is 184 Å². The lowest BCUT2D eigenvalue weighted by Gasteiger charge is -2.43. The van der Waals surface area contributed by atoms with E-state index < -0.39 is 46.5 Å². The number of hydrogen-bond acceptors (Lipinski definition) is 3. The van der Waals surface area contributed by atoms with E-state index in [1.807, 2.05) is 0 Å². The molecule has 1 aliphatic heterocycles. The zero-order valence-corrected chi connectivity index (χ0v) is 18.0. The van der Waals surface area contributed by atoms with E-state index in [0.29, 0.717) is 4.60 Å². The third-order valence-electron chi connectivity index (χ3n) is 5.62. The van der Waals surface area contributed by atoms with Crippen LogP contribution in [0.4, 0.5) is 17.6 Å². The van der Waals surface area contributed by atoms with E-state index in [9.17, 15) is 32.3 Å². The van der Waals surface area contributed by atoms with Crippen LogP contribution in [0.5, 0.6) is 0 Å². The molecule has 1 N–H and O–H groups in total. The predicted octanol–water partition coefficient (Wildman–Crippen LogP) is 4.94. The van der Waals surface area contributed by atoms with Gasteiger partial charge in [-0.2, -0.15) is 13.2 Å². The Balaban J connectivity index is 1.87. The molecule has 5 nitrogen and oxygen atoms in total. The van der Waals surface area contributed by atoms with Crippen LogP contribution in [0.2, 0.25) is 0 Å². The molecule has 0 radical (unpaired) electrons. The van der Waals surface area contributed by atoms with Crippen LogP contribution < -0.4 is 0 Å². The molecule has 3 rings (SSSR count). The van der Waals surface area contributed by atoms with Crippen LogP contribution >= 0.6 is 15.9 Å². The maximum atomic E-state index is 14.2. The molecule has 2 atom stereocenters. The summed E-state index contributed by atoms with van der Waals surface area (Å²) < 4.78 is 54.5. The van der Waals surface area contributed by atoms with E-state index in [0.717, 1.165) is 12.1 Å². The topological polar surface area (TPSA) is 70.5 Å². The van der Waals surface area contributed by atoms with E-state index >= 15 is 0 Å². The van der Waals surface area contributed by atoms with Crippen LogP contribution in [0.1, 0.15) is 41.4 Å². The minimum absolute atomic E-state index is 0.0221. The third-order valence-corrected chi connectivity index (χ3v) is 6.06. The van der Waals surface area contributed by atoms with Crippen molar-refractivity contribution >= 4 is 27.8 Å². The average molecular weight is 503 g/mol. The van der Waals surface area contributed by atoms with Crippen molar-refractivity contribution in [3.63, 3.8) is 0 Å². The van der Waals surface area contributed by atoms with Gasteiger partial charge in [-0.25, -0.2) is 9.37 Å². The van der Waals surface area contributed by atoms with E-state index in [1.54, 1.807) is 6.92 Å². The van der Waals surface area contributed by atoms with Crippen molar-refractivity contribution in [2.45, 2.75) is 38.4 Å². The second-order valence-electron chi connectivity index (χ2n) is 7.67. The van der Waals surface area contributed by atoms with Gasteiger partial charge in [-0.15, -0.1) is 0 Å². The molecule has 1 aromatic carbocycles. The van der Waals surface area contributed by atoms with Gasteiger partial charge < -0.3 is 10.0 Å². The summed E-state index contributed by atoms with van der Waals surface area (Å²) in [6.07, 6.45) is -4.98. The van der Waals surface area contributed by atoms with Crippen LogP contribution in [0, 0.1) is 11.2 Å². The standard InChI is InChI=1S/C21H19BrF4N2O3/c1-12-10-20(19(30)31,11-16-15(23)6-7-17(22)27-16)8-9-28(12)18(29)13-4-2-3-5-14(13)21(24,25)26/h2-7,12H,8-11H2,1H3,(H,30,31)/t12-,20?/m1/s1. The lowest BCUT2D eigenvalue weighted by atomic mass is 9.72. The number of alkyl halides is 3. The van der Waals surface area contributed by atoms with Gasteiger partial charge in [0.05, 0.1) is 22.2 Å². The molecular formula is C21H19BrF4N2O3. The number of likely N-dealkylation sites (tertiary alicyclic amines) is 1. The molecule has 0 saturated carbocycles. The fourth-order valence-electron chi connectivity index (χ4n) is 4.04. The number of aromatic nitrogens is 1. The number of halogens is 5. The summed E-state index contributed by atoms with van der Waals surface area (Å²) in [5.74, 6) is -2.62. The van der Waals surface area contributed by atoms with Gasteiger partial charge in [-0.1, -0.05) is 12.1 Å². The summed E-state index contributed by atoms with van der Waals surface area (Å²) in [5, 5.41) is 9.91. The predicted molar refractivity (Wildman–Crippen MR) is 107 cm³/mol. The number of rotatable bonds is 4. The first kappa shape index (κ1) is 23.2. The molecular weight excluding hydrogens is 484 g/mol. The Morgan fingerprint density at radius 1 is 1.26 bits per heavy atom. The monoisotopic (exact) mass is 502 g/mol. The van der Waals surface area contributed by atoms with Gasteiger partial charge in [0, 0.05) is 19.0 Å². The maximum absolute atomic E-state index is 14.2. The number of nitrogens with zero attached hydrogens (tertiary/aromatic N) is 2. The van der Waals surface area contributed by atoms with Gasteiger partial charge in [0.25, 0.3) is 5.91 Å². The van der Waals surface area contributed by atoms with E-state index in [1.165, 1.54) is 29.2 Å². The molecule has 1 aliphatic rings. The Morgan fingerprint density at radius 3 is 2.55 bits per heavy atom. The number of amides is 1. The van der Waals surface area contributed by atoms with E-state index in [-0.39, 0.29) is 31.5 Å².